The fraction of sp³-hybridized carbons (Fsp3) is 0.857. The first-order valence-corrected chi connectivity index (χ1v) is 6.38. The molecule has 0 radical (unpaired) electrons. The second-order valence-electron chi connectivity index (χ2n) is 4.11. The molecule has 1 N–H and O–H groups in total. The predicted molar refractivity (Wildman–Crippen MR) is 70.5 cm³/mol. The normalized spacial score (nSPS) is 13.1. The second-order valence-corrected chi connectivity index (χ2v) is 4.11. The summed E-state index contributed by atoms with van der Waals surface area (Å²) < 4.78 is 5.76. The molecular formula is C14H27NO. The van der Waals surface area contributed by atoms with Gasteiger partial charge in [0.15, 0.2) is 0 Å². The summed E-state index contributed by atoms with van der Waals surface area (Å²) in [6.45, 7) is 9.48. The van der Waals surface area contributed by atoms with Crippen molar-refractivity contribution in [3.8, 4) is 11.8 Å². The van der Waals surface area contributed by atoms with E-state index in [-0.39, 0.29) is 5.60 Å². The summed E-state index contributed by atoms with van der Waals surface area (Å²) in [7, 11) is 1.81. The molecule has 0 aromatic carbocycles. The fourth-order valence-electron chi connectivity index (χ4n) is 2.14. The number of ether oxygens (including phenoxy) is 1. The predicted octanol–water partition coefficient (Wildman–Crippen LogP) is 2.97. The van der Waals surface area contributed by atoms with E-state index in [1.54, 1.807) is 0 Å². The van der Waals surface area contributed by atoms with Crippen LogP contribution in [0.5, 0.6) is 0 Å². The van der Waals surface area contributed by atoms with Gasteiger partial charge in [-0.2, -0.15) is 0 Å². The van der Waals surface area contributed by atoms with Gasteiger partial charge in [0.05, 0.1) is 5.60 Å². The Hall–Kier alpha value is -0.520. The Labute approximate surface area is 101 Å². The largest absolute Gasteiger partial charge is 0.377 e. The number of nitrogens with one attached hydrogen (secondary N) is 1. The zero-order valence-corrected chi connectivity index (χ0v) is 11.5. The first-order chi connectivity index (χ1) is 7.70. The average Bonchev–Trinajstić information content (AvgIpc) is 2.34. The van der Waals surface area contributed by atoms with Crippen molar-refractivity contribution in [1.29, 1.82) is 0 Å². The van der Waals surface area contributed by atoms with E-state index in [4.69, 9.17) is 4.74 Å². The van der Waals surface area contributed by atoms with Crippen LogP contribution in [0, 0.1) is 11.8 Å². The second kappa shape index (κ2) is 8.61. The van der Waals surface area contributed by atoms with Crippen molar-refractivity contribution in [3.63, 3.8) is 0 Å². The highest BCUT2D eigenvalue weighted by atomic mass is 16.5. The molecule has 16 heavy (non-hydrogen) atoms. The summed E-state index contributed by atoms with van der Waals surface area (Å²) in [6.07, 6.45) is 4.05. The smallest absolute Gasteiger partial charge is 0.0835 e. The lowest BCUT2D eigenvalue weighted by Gasteiger charge is -2.38. The molecule has 0 heterocycles. The maximum Gasteiger partial charge on any atom is 0.0835 e. The van der Waals surface area contributed by atoms with Gasteiger partial charge >= 0.3 is 0 Å². The van der Waals surface area contributed by atoms with Gasteiger partial charge in [0, 0.05) is 19.6 Å². The Bertz CT molecular complexity index is 214. The van der Waals surface area contributed by atoms with Crippen molar-refractivity contribution < 1.29 is 4.74 Å². The molecule has 0 aromatic rings. The highest BCUT2D eigenvalue weighted by Crippen LogP contribution is 2.26. The molecule has 0 aliphatic rings. The van der Waals surface area contributed by atoms with Crippen LogP contribution >= 0.6 is 0 Å². The molecular weight excluding hydrogens is 198 g/mol. The summed E-state index contributed by atoms with van der Waals surface area (Å²) in [5.74, 6) is 6.15. The molecule has 0 rings (SSSR count). The first kappa shape index (κ1) is 15.5. The lowest BCUT2D eigenvalue weighted by molar-refractivity contribution is -0.0459. The number of rotatable bonds is 8. The Kier molecular flexibility index (Phi) is 8.33. The topological polar surface area (TPSA) is 21.3 Å². The van der Waals surface area contributed by atoms with E-state index in [1.165, 1.54) is 0 Å². The third kappa shape index (κ3) is 4.15. The standard InChI is InChI=1S/C14H27NO/c1-6-10-11-13(15-12-7-2)14(8-3,9-4)16-5/h13,15H,7-9,11-12H2,1-5H3. The Balaban J connectivity index is 4.69. The summed E-state index contributed by atoms with van der Waals surface area (Å²) in [6, 6.07) is 0.333. The summed E-state index contributed by atoms with van der Waals surface area (Å²) in [4.78, 5) is 0. The average molecular weight is 225 g/mol. The van der Waals surface area contributed by atoms with Crippen LogP contribution in [0.25, 0.3) is 0 Å². The quantitative estimate of drug-likeness (QED) is 0.641. The van der Waals surface area contributed by atoms with E-state index in [1.807, 2.05) is 14.0 Å². The van der Waals surface area contributed by atoms with Crippen molar-refractivity contribution in [1.82, 2.24) is 5.32 Å². The number of methoxy groups -OCH3 is 1. The van der Waals surface area contributed by atoms with Gasteiger partial charge in [-0.15, -0.1) is 11.8 Å². The third-order valence-electron chi connectivity index (χ3n) is 3.36. The number of hydrogen-bond acceptors (Lipinski definition) is 2. The zero-order chi connectivity index (χ0) is 12.4. The van der Waals surface area contributed by atoms with Gasteiger partial charge in [0.2, 0.25) is 0 Å². The molecule has 0 aliphatic heterocycles. The summed E-state index contributed by atoms with van der Waals surface area (Å²) in [5, 5.41) is 3.57. The van der Waals surface area contributed by atoms with E-state index in [0.29, 0.717) is 6.04 Å². The summed E-state index contributed by atoms with van der Waals surface area (Å²) in [5.41, 5.74) is -0.0704. The van der Waals surface area contributed by atoms with Crippen LogP contribution < -0.4 is 5.32 Å². The van der Waals surface area contributed by atoms with Crippen molar-refractivity contribution in [2.24, 2.45) is 0 Å². The van der Waals surface area contributed by atoms with Crippen molar-refractivity contribution in [2.75, 3.05) is 13.7 Å². The maximum absolute atomic E-state index is 5.76. The highest BCUT2D eigenvalue weighted by Gasteiger charge is 2.34. The molecule has 1 atom stereocenters. The monoisotopic (exact) mass is 225 g/mol. The van der Waals surface area contributed by atoms with Crippen molar-refractivity contribution in [2.45, 2.75) is 65.0 Å². The van der Waals surface area contributed by atoms with Crippen molar-refractivity contribution >= 4 is 0 Å². The molecule has 2 nitrogen and oxygen atoms in total. The zero-order valence-electron chi connectivity index (χ0n) is 11.5. The fourth-order valence-corrected chi connectivity index (χ4v) is 2.14. The van der Waals surface area contributed by atoms with Crippen LogP contribution in [-0.4, -0.2) is 25.3 Å². The van der Waals surface area contributed by atoms with E-state index < -0.39 is 0 Å². The molecule has 0 saturated heterocycles. The highest BCUT2D eigenvalue weighted by molar-refractivity contribution is 5.03. The van der Waals surface area contributed by atoms with Crippen LogP contribution in [0.3, 0.4) is 0 Å². The molecule has 94 valence electrons. The molecule has 0 aromatic heterocycles. The third-order valence-corrected chi connectivity index (χ3v) is 3.36. The minimum absolute atomic E-state index is 0.0704. The summed E-state index contributed by atoms with van der Waals surface area (Å²) >= 11 is 0. The van der Waals surface area contributed by atoms with Crippen LogP contribution in [-0.2, 0) is 4.74 Å². The van der Waals surface area contributed by atoms with Crippen LogP contribution in [0.1, 0.15) is 53.4 Å². The van der Waals surface area contributed by atoms with Gasteiger partial charge < -0.3 is 10.1 Å². The maximum atomic E-state index is 5.76. The van der Waals surface area contributed by atoms with Crippen molar-refractivity contribution in [3.05, 3.63) is 0 Å². The number of hydrogen-bond donors (Lipinski definition) is 1. The Morgan fingerprint density at radius 3 is 2.25 bits per heavy atom. The van der Waals surface area contributed by atoms with E-state index >= 15 is 0 Å². The molecule has 0 bridgehead atoms. The van der Waals surface area contributed by atoms with Gasteiger partial charge in [-0.05, 0) is 32.7 Å². The molecule has 0 fully saturated rings. The molecule has 2 heteroatoms. The van der Waals surface area contributed by atoms with Gasteiger partial charge in [-0.25, -0.2) is 0 Å². The molecule has 0 spiro atoms. The lowest BCUT2D eigenvalue weighted by Crippen LogP contribution is -2.51. The molecule has 1 unspecified atom stereocenters. The van der Waals surface area contributed by atoms with Crippen LogP contribution in [0.2, 0.25) is 0 Å². The first-order valence-electron chi connectivity index (χ1n) is 6.38. The SMILES string of the molecule is CC#CCC(NCCC)C(CC)(CC)OC. The lowest BCUT2D eigenvalue weighted by atomic mass is 9.86. The van der Waals surface area contributed by atoms with Crippen LogP contribution in [0.15, 0.2) is 0 Å². The Morgan fingerprint density at radius 2 is 1.88 bits per heavy atom. The van der Waals surface area contributed by atoms with Crippen LogP contribution in [0.4, 0.5) is 0 Å². The Morgan fingerprint density at radius 1 is 1.25 bits per heavy atom. The van der Waals surface area contributed by atoms with Gasteiger partial charge in [-0.1, -0.05) is 20.8 Å². The molecule has 0 amide bonds. The van der Waals surface area contributed by atoms with E-state index in [0.717, 1.165) is 32.2 Å². The molecule has 0 saturated carbocycles. The minimum atomic E-state index is -0.0704. The van der Waals surface area contributed by atoms with Gasteiger partial charge in [0.25, 0.3) is 0 Å². The van der Waals surface area contributed by atoms with E-state index in [2.05, 4.69) is 37.9 Å². The van der Waals surface area contributed by atoms with Gasteiger partial charge in [-0.3, -0.25) is 0 Å². The minimum Gasteiger partial charge on any atom is -0.377 e. The van der Waals surface area contributed by atoms with E-state index in [9.17, 15) is 0 Å². The molecule has 0 aliphatic carbocycles. The van der Waals surface area contributed by atoms with Gasteiger partial charge in [0.1, 0.15) is 0 Å².